The number of carbonyl (C=O) groups excluding carboxylic acids is 2. The maximum Gasteiger partial charge on any atom is 0.416 e. The van der Waals surface area contributed by atoms with Crippen molar-refractivity contribution in [1.82, 2.24) is 0 Å². The lowest BCUT2D eigenvalue weighted by Gasteiger charge is -2.08. The predicted octanol–water partition coefficient (Wildman–Crippen LogP) is 2.38. The summed E-state index contributed by atoms with van der Waals surface area (Å²) in [6, 6.07) is 4.46. The lowest BCUT2D eigenvalue weighted by atomic mass is 10.0. The Morgan fingerprint density at radius 3 is 2.50 bits per heavy atom. The van der Waals surface area contributed by atoms with Gasteiger partial charge in [-0.05, 0) is 11.6 Å². The third-order valence-corrected chi connectivity index (χ3v) is 2.22. The SMILES string of the molecule is COC(=O)CC(=O)Cc1cccc(C(F)(F)F)c1. The van der Waals surface area contributed by atoms with Crippen LogP contribution in [0.3, 0.4) is 0 Å². The monoisotopic (exact) mass is 260 g/mol. The van der Waals surface area contributed by atoms with Crippen molar-refractivity contribution in [3.8, 4) is 0 Å². The van der Waals surface area contributed by atoms with Gasteiger partial charge in [0.05, 0.1) is 12.7 Å². The number of benzene rings is 1. The van der Waals surface area contributed by atoms with Gasteiger partial charge in [-0.25, -0.2) is 0 Å². The molecule has 0 radical (unpaired) electrons. The summed E-state index contributed by atoms with van der Waals surface area (Å²) >= 11 is 0. The van der Waals surface area contributed by atoms with Crippen molar-refractivity contribution in [2.45, 2.75) is 19.0 Å². The van der Waals surface area contributed by atoms with Crippen molar-refractivity contribution in [1.29, 1.82) is 0 Å². The molecule has 0 saturated heterocycles. The number of halogens is 3. The molecule has 3 nitrogen and oxygen atoms in total. The zero-order valence-electron chi connectivity index (χ0n) is 9.58. The molecule has 0 aromatic heterocycles. The van der Waals surface area contributed by atoms with Gasteiger partial charge in [0.15, 0.2) is 0 Å². The first kappa shape index (κ1) is 14.2. The number of carbonyl (C=O) groups is 2. The Balaban J connectivity index is 2.74. The van der Waals surface area contributed by atoms with Crippen molar-refractivity contribution >= 4 is 11.8 Å². The second kappa shape index (κ2) is 5.66. The van der Waals surface area contributed by atoms with Crippen LogP contribution in [0.15, 0.2) is 24.3 Å². The van der Waals surface area contributed by atoms with Gasteiger partial charge in [0.2, 0.25) is 0 Å². The van der Waals surface area contributed by atoms with E-state index in [2.05, 4.69) is 4.74 Å². The molecule has 0 spiro atoms. The van der Waals surface area contributed by atoms with E-state index in [4.69, 9.17) is 0 Å². The Bertz CT molecular complexity index is 452. The van der Waals surface area contributed by atoms with E-state index in [0.717, 1.165) is 19.2 Å². The van der Waals surface area contributed by atoms with Crippen molar-refractivity contribution in [2.24, 2.45) is 0 Å². The first-order chi connectivity index (χ1) is 8.32. The number of Topliss-reactive ketones (excluding diaryl/α,β-unsaturated/α-hetero) is 1. The summed E-state index contributed by atoms with van der Waals surface area (Å²) in [7, 11) is 1.14. The molecule has 0 amide bonds. The summed E-state index contributed by atoms with van der Waals surface area (Å²) in [5, 5.41) is 0. The molecule has 0 aliphatic rings. The second-order valence-corrected chi connectivity index (χ2v) is 3.67. The lowest BCUT2D eigenvalue weighted by Crippen LogP contribution is -2.12. The van der Waals surface area contributed by atoms with E-state index < -0.39 is 29.9 Å². The quantitative estimate of drug-likeness (QED) is 0.616. The third kappa shape index (κ3) is 4.20. The Kier molecular flexibility index (Phi) is 4.47. The summed E-state index contributed by atoms with van der Waals surface area (Å²) in [5.41, 5.74) is -0.593. The number of alkyl halides is 3. The summed E-state index contributed by atoms with van der Waals surface area (Å²) < 4.78 is 41.5. The zero-order chi connectivity index (χ0) is 13.8. The molecule has 0 aliphatic carbocycles. The van der Waals surface area contributed by atoms with Crippen LogP contribution in [0.4, 0.5) is 13.2 Å². The Morgan fingerprint density at radius 2 is 1.94 bits per heavy atom. The fourth-order valence-electron chi connectivity index (χ4n) is 1.38. The Labute approximate surface area is 102 Å². The first-order valence-electron chi connectivity index (χ1n) is 5.07. The highest BCUT2D eigenvalue weighted by atomic mass is 19.4. The van der Waals surface area contributed by atoms with E-state index in [1.807, 2.05) is 0 Å². The third-order valence-electron chi connectivity index (χ3n) is 2.22. The van der Waals surface area contributed by atoms with Crippen LogP contribution in [0.2, 0.25) is 0 Å². The van der Waals surface area contributed by atoms with Gasteiger partial charge in [-0.2, -0.15) is 13.2 Å². The number of esters is 1. The van der Waals surface area contributed by atoms with Crippen LogP contribution >= 0.6 is 0 Å². The molecule has 0 unspecified atom stereocenters. The molecule has 1 rings (SSSR count). The fourth-order valence-corrected chi connectivity index (χ4v) is 1.38. The average molecular weight is 260 g/mol. The molecule has 1 aromatic rings. The van der Waals surface area contributed by atoms with Gasteiger partial charge < -0.3 is 4.74 Å². The number of rotatable bonds is 4. The van der Waals surface area contributed by atoms with Gasteiger partial charge in [0.25, 0.3) is 0 Å². The number of ether oxygens (including phenoxy) is 1. The van der Waals surface area contributed by atoms with Gasteiger partial charge in [0, 0.05) is 6.42 Å². The molecule has 0 N–H and O–H groups in total. The molecule has 0 fully saturated rings. The van der Waals surface area contributed by atoms with Gasteiger partial charge in [0.1, 0.15) is 12.2 Å². The van der Waals surface area contributed by atoms with Gasteiger partial charge >= 0.3 is 12.1 Å². The van der Waals surface area contributed by atoms with Crippen LogP contribution in [0.25, 0.3) is 0 Å². The summed E-state index contributed by atoms with van der Waals surface area (Å²) in [4.78, 5) is 22.2. The van der Waals surface area contributed by atoms with Crippen LogP contribution in [0.5, 0.6) is 0 Å². The minimum Gasteiger partial charge on any atom is -0.469 e. The van der Waals surface area contributed by atoms with E-state index in [1.165, 1.54) is 12.1 Å². The van der Waals surface area contributed by atoms with Crippen LogP contribution in [0.1, 0.15) is 17.5 Å². The molecule has 18 heavy (non-hydrogen) atoms. The first-order valence-corrected chi connectivity index (χ1v) is 5.07. The molecule has 6 heteroatoms. The van der Waals surface area contributed by atoms with Gasteiger partial charge in [-0.15, -0.1) is 0 Å². The van der Waals surface area contributed by atoms with E-state index in [0.29, 0.717) is 0 Å². The zero-order valence-corrected chi connectivity index (χ0v) is 9.58. The maximum absolute atomic E-state index is 12.4. The highest BCUT2D eigenvalue weighted by molar-refractivity contribution is 5.96. The maximum atomic E-state index is 12.4. The van der Waals surface area contributed by atoms with Crippen molar-refractivity contribution < 1.29 is 27.5 Å². The highest BCUT2D eigenvalue weighted by Crippen LogP contribution is 2.29. The predicted molar refractivity (Wildman–Crippen MR) is 56.8 cm³/mol. The molecule has 0 bridgehead atoms. The summed E-state index contributed by atoms with van der Waals surface area (Å²) in [6.45, 7) is 0. The molecule has 0 heterocycles. The van der Waals surface area contributed by atoms with Crippen LogP contribution in [-0.2, 0) is 26.9 Å². The number of hydrogen-bond acceptors (Lipinski definition) is 3. The number of hydrogen-bond donors (Lipinski definition) is 0. The van der Waals surface area contributed by atoms with Crippen molar-refractivity contribution in [3.63, 3.8) is 0 Å². The van der Waals surface area contributed by atoms with E-state index in [1.54, 1.807) is 0 Å². The van der Waals surface area contributed by atoms with E-state index in [-0.39, 0.29) is 12.0 Å². The molecule has 0 atom stereocenters. The van der Waals surface area contributed by atoms with Crippen LogP contribution in [0, 0.1) is 0 Å². The molecular formula is C12H11F3O3. The Morgan fingerprint density at radius 1 is 1.28 bits per heavy atom. The topological polar surface area (TPSA) is 43.4 Å². The standard InChI is InChI=1S/C12H11F3O3/c1-18-11(17)7-10(16)6-8-3-2-4-9(5-8)12(13,14)15/h2-5H,6-7H2,1H3. The van der Waals surface area contributed by atoms with E-state index in [9.17, 15) is 22.8 Å². The second-order valence-electron chi connectivity index (χ2n) is 3.67. The highest BCUT2D eigenvalue weighted by Gasteiger charge is 2.30. The van der Waals surface area contributed by atoms with Gasteiger partial charge in [-0.1, -0.05) is 18.2 Å². The molecule has 0 aliphatic heterocycles. The largest absolute Gasteiger partial charge is 0.469 e. The number of methoxy groups -OCH3 is 1. The number of ketones is 1. The fraction of sp³-hybridized carbons (Fsp3) is 0.333. The minimum absolute atomic E-state index is 0.221. The van der Waals surface area contributed by atoms with Crippen LogP contribution in [-0.4, -0.2) is 18.9 Å². The van der Waals surface area contributed by atoms with Crippen LogP contribution < -0.4 is 0 Å². The molecule has 98 valence electrons. The van der Waals surface area contributed by atoms with Gasteiger partial charge in [-0.3, -0.25) is 9.59 Å². The average Bonchev–Trinajstić information content (AvgIpc) is 2.27. The lowest BCUT2D eigenvalue weighted by molar-refractivity contribution is -0.143. The Hall–Kier alpha value is -1.85. The van der Waals surface area contributed by atoms with Crippen molar-refractivity contribution in [2.75, 3.05) is 7.11 Å². The normalized spacial score (nSPS) is 11.1. The van der Waals surface area contributed by atoms with E-state index >= 15 is 0 Å². The minimum atomic E-state index is -4.44. The summed E-state index contributed by atoms with van der Waals surface area (Å²) in [6.07, 6.45) is -5.10. The smallest absolute Gasteiger partial charge is 0.416 e. The molecule has 0 saturated carbocycles. The molecule has 1 aromatic carbocycles. The molecular weight excluding hydrogens is 249 g/mol. The van der Waals surface area contributed by atoms with Crippen molar-refractivity contribution in [3.05, 3.63) is 35.4 Å². The summed E-state index contributed by atoms with van der Waals surface area (Å²) in [5.74, 6) is -1.19.